The summed E-state index contributed by atoms with van der Waals surface area (Å²) in [6, 6.07) is 5.31. The second-order valence-electron chi connectivity index (χ2n) is 5.01. The molecule has 0 unspecified atom stereocenters. The Morgan fingerprint density at radius 3 is 2.90 bits per heavy atom. The summed E-state index contributed by atoms with van der Waals surface area (Å²) < 4.78 is 0. The molecule has 0 aliphatic carbocycles. The van der Waals surface area contributed by atoms with Gasteiger partial charge in [-0.2, -0.15) is 0 Å². The number of pyridine rings is 2. The fourth-order valence-electron chi connectivity index (χ4n) is 2.10. The largest absolute Gasteiger partial charge is 0.384 e. The number of amides is 1. The van der Waals surface area contributed by atoms with Gasteiger partial charge < -0.3 is 11.1 Å². The Morgan fingerprint density at radius 2 is 2.19 bits per heavy atom. The van der Waals surface area contributed by atoms with Crippen molar-refractivity contribution < 1.29 is 4.79 Å². The van der Waals surface area contributed by atoms with Gasteiger partial charge in [0.15, 0.2) is 0 Å². The van der Waals surface area contributed by atoms with Gasteiger partial charge in [0.1, 0.15) is 5.82 Å². The van der Waals surface area contributed by atoms with E-state index in [2.05, 4.69) is 22.2 Å². The lowest BCUT2D eigenvalue weighted by Crippen LogP contribution is -2.23. The maximum atomic E-state index is 12.2. The zero-order valence-electron chi connectivity index (χ0n) is 12.4. The summed E-state index contributed by atoms with van der Waals surface area (Å²) in [5, 5.41) is 2.90. The minimum atomic E-state index is -0.141. The number of rotatable bonds is 5. The van der Waals surface area contributed by atoms with Crippen molar-refractivity contribution in [2.24, 2.45) is 0 Å². The Kier molecular flexibility index (Phi) is 4.87. The van der Waals surface area contributed by atoms with Gasteiger partial charge >= 0.3 is 0 Å². The second-order valence-corrected chi connectivity index (χ2v) is 5.01. The van der Waals surface area contributed by atoms with E-state index in [0.717, 1.165) is 29.7 Å². The van der Waals surface area contributed by atoms with Crippen molar-refractivity contribution in [3.63, 3.8) is 0 Å². The highest BCUT2D eigenvalue weighted by atomic mass is 16.1. The van der Waals surface area contributed by atoms with E-state index < -0.39 is 0 Å². The molecular weight excluding hydrogens is 264 g/mol. The average molecular weight is 284 g/mol. The first kappa shape index (κ1) is 15.0. The first-order chi connectivity index (χ1) is 10.1. The summed E-state index contributed by atoms with van der Waals surface area (Å²) in [5.41, 5.74) is 9.27. The van der Waals surface area contributed by atoms with Gasteiger partial charge in [0.2, 0.25) is 0 Å². The molecule has 0 aliphatic rings. The van der Waals surface area contributed by atoms with Crippen LogP contribution in [0.15, 0.2) is 30.6 Å². The second kappa shape index (κ2) is 6.83. The van der Waals surface area contributed by atoms with Gasteiger partial charge in [-0.3, -0.25) is 9.78 Å². The van der Waals surface area contributed by atoms with E-state index in [-0.39, 0.29) is 5.91 Å². The molecule has 0 bridgehead atoms. The van der Waals surface area contributed by atoms with Crippen LogP contribution in [-0.2, 0) is 13.0 Å². The standard InChI is InChI=1S/C16H20N4O/c1-3-4-14-7-13(8-15(17)20-14)16(21)19-10-12-5-6-18-9-11(12)2/h5-9H,3-4,10H2,1-2H3,(H2,17,20)(H,19,21). The van der Waals surface area contributed by atoms with E-state index in [1.165, 1.54) is 0 Å². The van der Waals surface area contributed by atoms with Crippen molar-refractivity contribution in [1.82, 2.24) is 15.3 Å². The summed E-state index contributed by atoms with van der Waals surface area (Å²) in [5.74, 6) is 0.240. The summed E-state index contributed by atoms with van der Waals surface area (Å²) in [6.45, 7) is 4.51. The van der Waals surface area contributed by atoms with Crippen LogP contribution in [-0.4, -0.2) is 15.9 Å². The first-order valence-corrected chi connectivity index (χ1v) is 7.04. The van der Waals surface area contributed by atoms with Crippen LogP contribution in [0.2, 0.25) is 0 Å². The molecule has 0 radical (unpaired) electrons. The summed E-state index contributed by atoms with van der Waals surface area (Å²) in [4.78, 5) is 20.5. The van der Waals surface area contributed by atoms with Crippen LogP contribution < -0.4 is 11.1 Å². The number of carbonyl (C=O) groups excluding carboxylic acids is 1. The number of nitrogen functional groups attached to an aromatic ring is 1. The van der Waals surface area contributed by atoms with Crippen molar-refractivity contribution in [2.45, 2.75) is 33.2 Å². The number of nitrogens with two attached hydrogens (primary N) is 1. The zero-order valence-corrected chi connectivity index (χ0v) is 12.4. The van der Waals surface area contributed by atoms with Gasteiger partial charge in [0.25, 0.3) is 5.91 Å². The van der Waals surface area contributed by atoms with E-state index >= 15 is 0 Å². The van der Waals surface area contributed by atoms with Gasteiger partial charge in [-0.25, -0.2) is 4.98 Å². The number of nitrogens with one attached hydrogen (secondary N) is 1. The highest BCUT2D eigenvalue weighted by Gasteiger charge is 2.09. The predicted octanol–water partition coefficient (Wildman–Crippen LogP) is 2.25. The quantitative estimate of drug-likeness (QED) is 0.882. The number of anilines is 1. The maximum absolute atomic E-state index is 12.2. The van der Waals surface area contributed by atoms with E-state index in [1.54, 1.807) is 24.5 Å². The third-order valence-electron chi connectivity index (χ3n) is 3.24. The number of aromatic nitrogens is 2. The van der Waals surface area contributed by atoms with E-state index in [0.29, 0.717) is 17.9 Å². The molecule has 0 fully saturated rings. The van der Waals surface area contributed by atoms with E-state index in [4.69, 9.17) is 5.73 Å². The fourth-order valence-corrected chi connectivity index (χ4v) is 2.10. The molecular formula is C16H20N4O. The van der Waals surface area contributed by atoms with Crippen molar-refractivity contribution >= 4 is 11.7 Å². The number of nitrogens with zero attached hydrogens (tertiary/aromatic N) is 2. The Morgan fingerprint density at radius 1 is 1.38 bits per heavy atom. The smallest absolute Gasteiger partial charge is 0.251 e. The van der Waals surface area contributed by atoms with Crippen LogP contribution in [0.25, 0.3) is 0 Å². The number of aryl methyl sites for hydroxylation is 2. The van der Waals surface area contributed by atoms with Crippen LogP contribution in [0.1, 0.15) is 40.5 Å². The van der Waals surface area contributed by atoms with E-state index in [9.17, 15) is 4.79 Å². The Hall–Kier alpha value is -2.43. The molecule has 2 aromatic rings. The summed E-state index contributed by atoms with van der Waals surface area (Å²) in [6.07, 6.45) is 5.28. The molecule has 2 heterocycles. The topological polar surface area (TPSA) is 80.9 Å². The Balaban J connectivity index is 2.08. The third kappa shape index (κ3) is 4.02. The highest BCUT2D eigenvalue weighted by molar-refractivity contribution is 5.94. The molecule has 110 valence electrons. The van der Waals surface area contributed by atoms with Crippen LogP contribution in [0.3, 0.4) is 0 Å². The lowest BCUT2D eigenvalue weighted by atomic mass is 10.1. The van der Waals surface area contributed by atoms with Crippen LogP contribution in [0.5, 0.6) is 0 Å². The molecule has 3 N–H and O–H groups in total. The molecule has 5 nitrogen and oxygen atoms in total. The molecule has 0 saturated heterocycles. The van der Waals surface area contributed by atoms with Crippen molar-refractivity contribution in [2.75, 3.05) is 5.73 Å². The van der Waals surface area contributed by atoms with Gasteiger partial charge in [-0.05, 0) is 42.7 Å². The van der Waals surface area contributed by atoms with E-state index in [1.807, 2.05) is 13.0 Å². The van der Waals surface area contributed by atoms with Gasteiger partial charge in [-0.1, -0.05) is 13.3 Å². The molecule has 0 aliphatic heterocycles. The first-order valence-electron chi connectivity index (χ1n) is 7.04. The van der Waals surface area contributed by atoms with Crippen LogP contribution >= 0.6 is 0 Å². The van der Waals surface area contributed by atoms with Gasteiger partial charge in [0, 0.05) is 30.2 Å². The lowest BCUT2D eigenvalue weighted by Gasteiger charge is -2.09. The SMILES string of the molecule is CCCc1cc(C(=O)NCc2ccncc2C)cc(N)n1. The fraction of sp³-hybridized carbons (Fsp3) is 0.312. The molecule has 0 aromatic carbocycles. The number of hydrogen-bond acceptors (Lipinski definition) is 4. The summed E-state index contributed by atoms with van der Waals surface area (Å²) in [7, 11) is 0. The number of hydrogen-bond donors (Lipinski definition) is 2. The molecule has 0 atom stereocenters. The average Bonchev–Trinajstić information content (AvgIpc) is 2.46. The summed E-state index contributed by atoms with van der Waals surface area (Å²) >= 11 is 0. The zero-order chi connectivity index (χ0) is 15.2. The molecule has 1 amide bonds. The van der Waals surface area contributed by atoms with Crippen molar-refractivity contribution in [3.05, 3.63) is 53.0 Å². The maximum Gasteiger partial charge on any atom is 0.251 e. The Bertz CT molecular complexity index is 640. The molecule has 2 rings (SSSR count). The molecule has 5 heteroatoms. The Labute approximate surface area is 124 Å². The third-order valence-corrected chi connectivity index (χ3v) is 3.24. The lowest BCUT2D eigenvalue weighted by molar-refractivity contribution is 0.0950. The highest BCUT2D eigenvalue weighted by Crippen LogP contribution is 2.10. The minimum Gasteiger partial charge on any atom is -0.384 e. The molecule has 2 aromatic heterocycles. The minimum absolute atomic E-state index is 0.141. The molecule has 0 spiro atoms. The number of carbonyl (C=O) groups is 1. The van der Waals surface area contributed by atoms with Crippen molar-refractivity contribution in [3.8, 4) is 0 Å². The predicted molar refractivity (Wildman–Crippen MR) is 82.8 cm³/mol. The van der Waals surface area contributed by atoms with Gasteiger partial charge in [-0.15, -0.1) is 0 Å². The van der Waals surface area contributed by atoms with Gasteiger partial charge in [0.05, 0.1) is 0 Å². The molecule has 0 saturated carbocycles. The van der Waals surface area contributed by atoms with Crippen LogP contribution in [0, 0.1) is 6.92 Å². The van der Waals surface area contributed by atoms with Crippen molar-refractivity contribution in [1.29, 1.82) is 0 Å². The normalized spacial score (nSPS) is 10.4. The van der Waals surface area contributed by atoms with Crippen LogP contribution in [0.4, 0.5) is 5.82 Å². The molecule has 21 heavy (non-hydrogen) atoms. The monoisotopic (exact) mass is 284 g/mol.